The van der Waals surface area contributed by atoms with Gasteiger partial charge in [0.25, 0.3) is 11.8 Å². The zero-order valence-electron chi connectivity index (χ0n) is 16.8. The number of nitrogens with one attached hydrogen (secondary N) is 3. The number of aromatic nitrogens is 2. The van der Waals surface area contributed by atoms with E-state index in [1.807, 2.05) is 74.5 Å². The lowest BCUT2D eigenvalue weighted by Gasteiger charge is -2.15. The van der Waals surface area contributed by atoms with Crippen LogP contribution in [0.25, 0.3) is 10.9 Å². The fourth-order valence-electron chi connectivity index (χ4n) is 3.33. The van der Waals surface area contributed by atoms with E-state index in [1.54, 1.807) is 12.1 Å². The van der Waals surface area contributed by atoms with Crippen LogP contribution in [0.2, 0.25) is 0 Å². The number of carbonyl (C=O) groups excluding carboxylic acids is 2. The summed E-state index contributed by atoms with van der Waals surface area (Å²) in [4.78, 5) is 25.2. The van der Waals surface area contributed by atoms with Crippen molar-refractivity contribution < 1.29 is 9.59 Å². The molecule has 150 valence electrons. The van der Waals surface area contributed by atoms with Crippen LogP contribution in [-0.4, -0.2) is 22.0 Å². The second-order valence-corrected chi connectivity index (χ2v) is 7.26. The smallest absolute Gasteiger partial charge is 0.272 e. The highest BCUT2D eigenvalue weighted by molar-refractivity contribution is 6.05. The van der Waals surface area contributed by atoms with Gasteiger partial charge in [-0.15, -0.1) is 0 Å². The Hall–Kier alpha value is -3.93. The SMILES string of the molecule is Cc1ccc2[nH]nc(C(=O)NC(C)c3cccc(NC(=O)c4ccccc4)c3)c2c1. The third kappa shape index (κ3) is 4.07. The van der Waals surface area contributed by atoms with Gasteiger partial charge >= 0.3 is 0 Å². The highest BCUT2D eigenvalue weighted by atomic mass is 16.2. The highest BCUT2D eigenvalue weighted by Gasteiger charge is 2.17. The molecular formula is C24H22N4O2. The van der Waals surface area contributed by atoms with Gasteiger partial charge in [-0.05, 0) is 55.8 Å². The van der Waals surface area contributed by atoms with Crippen molar-refractivity contribution in [3.05, 3.63) is 95.2 Å². The average molecular weight is 398 g/mol. The lowest BCUT2D eigenvalue weighted by Crippen LogP contribution is -2.27. The number of hydrogen-bond donors (Lipinski definition) is 3. The molecule has 3 aromatic carbocycles. The summed E-state index contributed by atoms with van der Waals surface area (Å²) >= 11 is 0. The number of amides is 2. The van der Waals surface area contributed by atoms with E-state index in [4.69, 9.17) is 0 Å². The van der Waals surface area contributed by atoms with Crippen LogP contribution in [0.5, 0.6) is 0 Å². The van der Waals surface area contributed by atoms with E-state index in [9.17, 15) is 9.59 Å². The van der Waals surface area contributed by atoms with Gasteiger partial charge in [-0.25, -0.2) is 0 Å². The maximum Gasteiger partial charge on any atom is 0.272 e. The van der Waals surface area contributed by atoms with Crippen molar-refractivity contribution in [2.45, 2.75) is 19.9 Å². The third-order valence-electron chi connectivity index (χ3n) is 4.96. The number of benzene rings is 3. The van der Waals surface area contributed by atoms with Gasteiger partial charge in [0.05, 0.1) is 11.6 Å². The normalized spacial score (nSPS) is 11.8. The van der Waals surface area contributed by atoms with E-state index >= 15 is 0 Å². The summed E-state index contributed by atoms with van der Waals surface area (Å²) in [6, 6.07) is 22.1. The first-order valence-electron chi connectivity index (χ1n) is 9.73. The predicted octanol–water partition coefficient (Wildman–Crippen LogP) is 4.61. The summed E-state index contributed by atoms with van der Waals surface area (Å²) < 4.78 is 0. The largest absolute Gasteiger partial charge is 0.344 e. The number of nitrogens with zero attached hydrogens (tertiary/aromatic N) is 1. The van der Waals surface area contributed by atoms with E-state index in [0.29, 0.717) is 16.9 Å². The van der Waals surface area contributed by atoms with Gasteiger partial charge in [0.1, 0.15) is 0 Å². The molecule has 0 fully saturated rings. The Morgan fingerprint density at radius 1 is 0.933 bits per heavy atom. The van der Waals surface area contributed by atoms with Crippen LogP contribution in [0.1, 0.15) is 44.9 Å². The second kappa shape index (κ2) is 8.21. The van der Waals surface area contributed by atoms with Gasteiger partial charge in [0.2, 0.25) is 0 Å². The van der Waals surface area contributed by atoms with Gasteiger partial charge in [-0.2, -0.15) is 5.10 Å². The molecule has 30 heavy (non-hydrogen) atoms. The minimum absolute atomic E-state index is 0.178. The maximum absolute atomic E-state index is 12.8. The second-order valence-electron chi connectivity index (χ2n) is 7.26. The summed E-state index contributed by atoms with van der Waals surface area (Å²) in [5.74, 6) is -0.430. The standard InChI is InChI=1S/C24H22N4O2/c1-15-11-12-21-20(13-15)22(28-27-21)24(30)25-16(2)18-9-6-10-19(14-18)26-23(29)17-7-4-3-5-8-17/h3-14,16H,1-2H3,(H,25,30)(H,26,29)(H,27,28). The monoisotopic (exact) mass is 398 g/mol. The molecule has 0 radical (unpaired) electrons. The number of fused-ring (bicyclic) bond motifs is 1. The molecule has 0 aliphatic heterocycles. The lowest BCUT2D eigenvalue weighted by molar-refractivity contribution is 0.0935. The van der Waals surface area contributed by atoms with Gasteiger partial charge in [-0.1, -0.05) is 42.0 Å². The number of carbonyl (C=O) groups is 2. The molecule has 3 N–H and O–H groups in total. The minimum Gasteiger partial charge on any atom is -0.344 e. The molecule has 0 aliphatic carbocycles. The Kier molecular flexibility index (Phi) is 5.30. The number of aryl methyl sites for hydroxylation is 1. The Bertz CT molecular complexity index is 1210. The molecule has 4 rings (SSSR count). The predicted molar refractivity (Wildman–Crippen MR) is 118 cm³/mol. The molecule has 2 amide bonds. The lowest BCUT2D eigenvalue weighted by atomic mass is 10.1. The number of H-pyrrole nitrogens is 1. The molecule has 6 heteroatoms. The van der Waals surface area contributed by atoms with Crippen molar-refractivity contribution in [2.75, 3.05) is 5.32 Å². The van der Waals surface area contributed by atoms with Crippen molar-refractivity contribution in [3.8, 4) is 0 Å². The molecule has 0 spiro atoms. The molecular weight excluding hydrogens is 376 g/mol. The molecule has 4 aromatic rings. The molecule has 0 bridgehead atoms. The van der Waals surface area contributed by atoms with Gasteiger partial charge in [0.15, 0.2) is 5.69 Å². The molecule has 1 unspecified atom stereocenters. The zero-order valence-corrected chi connectivity index (χ0v) is 16.8. The van der Waals surface area contributed by atoms with E-state index in [-0.39, 0.29) is 17.9 Å². The molecule has 6 nitrogen and oxygen atoms in total. The van der Waals surface area contributed by atoms with Gasteiger partial charge in [-0.3, -0.25) is 14.7 Å². The number of anilines is 1. The van der Waals surface area contributed by atoms with Crippen LogP contribution in [0, 0.1) is 6.92 Å². The summed E-state index contributed by atoms with van der Waals surface area (Å²) in [6.07, 6.45) is 0. The average Bonchev–Trinajstić information content (AvgIpc) is 3.17. The van der Waals surface area contributed by atoms with Gasteiger partial charge < -0.3 is 10.6 Å². The Morgan fingerprint density at radius 3 is 2.53 bits per heavy atom. The van der Waals surface area contributed by atoms with E-state index < -0.39 is 0 Å². The fourth-order valence-corrected chi connectivity index (χ4v) is 3.33. The van der Waals surface area contributed by atoms with Crippen molar-refractivity contribution in [3.63, 3.8) is 0 Å². The van der Waals surface area contributed by atoms with Crippen LogP contribution >= 0.6 is 0 Å². The van der Waals surface area contributed by atoms with Gasteiger partial charge in [0, 0.05) is 16.6 Å². The number of hydrogen-bond acceptors (Lipinski definition) is 3. The maximum atomic E-state index is 12.8. The first kappa shape index (κ1) is 19.4. The first-order valence-corrected chi connectivity index (χ1v) is 9.73. The molecule has 0 saturated carbocycles. The molecule has 1 aromatic heterocycles. The highest BCUT2D eigenvalue weighted by Crippen LogP contribution is 2.21. The van der Waals surface area contributed by atoms with Crippen molar-refractivity contribution in [2.24, 2.45) is 0 Å². The third-order valence-corrected chi connectivity index (χ3v) is 4.96. The van der Waals surface area contributed by atoms with Crippen LogP contribution in [0.4, 0.5) is 5.69 Å². The van der Waals surface area contributed by atoms with Crippen LogP contribution in [0.3, 0.4) is 0 Å². The van der Waals surface area contributed by atoms with E-state index in [1.165, 1.54) is 0 Å². The Morgan fingerprint density at radius 2 is 1.73 bits per heavy atom. The van der Waals surface area contributed by atoms with Crippen molar-refractivity contribution in [1.29, 1.82) is 0 Å². The number of aromatic amines is 1. The first-order chi connectivity index (χ1) is 14.5. The molecule has 0 saturated heterocycles. The van der Waals surface area contributed by atoms with Crippen LogP contribution < -0.4 is 10.6 Å². The summed E-state index contributed by atoms with van der Waals surface area (Å²) in [7, 11) is 0. The zero-order chi connectivity index (χ0) is 21.1. The molecule has 1 atom stereocenters. The van der Waals surface area contributed by atoms with Crippen molar-refractivity contribution in [1.82, 2.24) is 15.5 Å². The summed E-state index contributed by atoms with van der Waals surface area (Å²) in [6.45, 7) is 3.88. The fraction of sp³-hybridized carbons (Fsp3) is 0.125. The molecule has 0 aliphatic rings. The quantitative estimate of drug-likeness (QED) is 0.459. The van der Waals surface area contributed by atoms with Crippen LogP contribution in [-0.2, 0) is 0 Å². The molecule has 1 heterocycles. The Labute approximate surface area is 174 Å². The Balaban J connectivity index is 1.49. The van der Waals surface area contributed by atoms with E-state index in [0.717, 1.165) is 22.0 Å². The van der Waals surface area contributed by atoms with Crippen LogP contribution in [0.15, 0.2) is 72.8 Å². The summed E-state index contributed by atoms with van der Waals surface area (Å²) in [5.41, 5.74) is 4.39. The van der Waals surface area contributed by atoms with E-state index in [2.05, 4.69) is 20.8 Å². The minimum atomic E-state index is -0.261. The number of rotatable bonds is 5. The van der Waals surface area contributed by atoms with Crippen molar-refractivity contribution >= 4 is 28.4 Å². The topological polar surface area (TPSA) is 86.9 Å². The summed E-state index contributed by atoms with van der Waals surface area (Å²) in [5, 5.41) is 13.8.